The van der Waals surface area contributed by atoms with Crippen LogP contribution in [-0.4, -0.2) is 33.0 Å². The standard InChI is InChI=1S/C21H18N4O5S/c1-12-7-15-19(22-12)20(27)25(9-14-3-2-6-28-14)21(24-15)31-10-18(26)23-13-4-5-16-17(8-13)30-11-29-16/h2-8,22H,9-11H2,1H3,(H,23,26). The van der Waals surface area contributed by atoms with Gasteiger partial charge in [0, 0.05) is 17.4 Å². The van der Waals surface area contributed by atoms with Crippen molar-refractivity contribution in [2.24, 2.45) is 0 Å². The number of anilines is 1. The smallest absolute Gasteiger partial charge is 0.278 e. The van der Waals surface area contributed by atoms with Crippen LogP contribution >= 0.6 is 11.8 Å². The van der Waals surface area contributed by atoms with Crippen LogP contribution in [0.4, 0.5) is 5.69 Å². The molecule has 0 spiro atoms. The van der Waals surface area contributed by atoms with E-state index < -0.39 is 0 Å². The largest absolute Gasteiger partial charge is 0.467 e. The highest BCUT2D eigenvalue weighted by Crippen LogP contribution is 2.34. The molecule has 3 aromatic heterocycles. The summed E-state index contributed by atoms with van der Waals surface area (Å²) < 4.78 is 17.5. The lowest BCUT2D eigenvalue weighted by molar-refractivity contribution is -0.113. The lowest BCUT2D eigenvalue weighted by Crippen LogP contribution is -2.24. The van der Waals surface area contributed by atoms with Crippen LogP contribution in [0.3, 0.4) is 0 Å². The Kier molecular flexibility index (Phi) is 4.91. The molecular formula is C21H18N4O5S. The number of hydrogen-bond donors (Lipinski definition) is 2. The van der Waals surface area contributed by atoms with Crippen LogP contribution in [0.5, 0.6) is 11.5 Å². The highest BCUT2D eigenvalue weighted by atomic mass is 32.2. The molecule has 0 radical (unpaired) electrons. The van der Waals surface area contributed by atoms with E-state index in [0.717, 1.165) is 5.69 Å². The Morgan fingerprint density at radius 2 is 2.13 bits per heavy atom. The van der Waals surface area contributed by atoms with Gasteiger partial charge in [-0.2, -0.15) is 0 Å². The monoisotopic (exact) mass is 438 g/mol. The third-order valence-electron chi connectivity index (χ3n) is 4.72. The number of ether oxygens (including phenoxy) is 2. The van der Waals surface area contributed by atoms with E-state index in [1.807, 2.05) is 13.0 Å². The van der Waals surface area contributed by atoms with Crippen LogP contribution in [-0.2, 0) is 11.3 Å². The topological polar surface area (TPSA) is 111 Å². The molecule has 0 saturated carbocycles. The summed E-state index contributed by atoms with van der Waals surface area (Å²) in [6, 6.07) is 10.6. The van der Waals surface area contributed by atoms with Crippen molar-refractivity contribution >= 4 is 34.4 Å². The Hall–Kier alpha value is -3.66. The number of rotatable bonds is 6. The average Bonchev–Trinajstić information content (AvgIpc) is 3.49. The molecule has 0 saturated heterocycles. The quantitative estimate of drug-likeness (QED) is 0.351. The van der Waals surface area contributed by atoms with E-state index in [4.69, 9.17) is 13.9 Å². The minimum absolute atomic E-state index is 0.0773. The predicted octanol–water partition coefficient (Wildman–Crippen LogP) is 3.13. The minimum Gasteiger partial charge on any atom is -0.467 e. The Bertz CT molecular complexity index is 1330. The first-order valence-electron chi connectivity index (χ1n) is 9.51. The molecule has 10 heteroatoms. The molecule has 1 aromatic carbocycles. The number of aromatic nitrogens is 3. The maximum Gasteiger partial charge on any atom is 0.278 e. The fourth-order valence-corrected chi connectivity index (χ4v) is 4.12. The van der Waals surface area contributed by atoms with Crippen molar-refractivity contribution in [1.29, 1.82) is 0 Å². The van der Waals surface area contributed by atoms with Gasteiger partial charge in [-0.05, 0) is 37.3 Å². The van der Waals surface area contributed by atoms with Gasteiger partial charge in [-0.15, -0.1) is 0 Å². The van der Waals surface area contributed by atoms with Gasteiger partial charge in [0.1, 0.15) is 11.3 Å². The van der Waals surface area contributed by atoms with Gasteiger partial charge in [0.2, 0.25) is 12.7 Å². The number of amides is 1. The molecule has 0 unspecified atom stereocenters. The summed E-state index contributed by atoms with van der Waals surface area (Å²) in [7, 11) is 0. The Morgan fingerprint density at radius 1 is 1.26 bits per heavy atom. The third-order valence-corrected chi connectivity index (χ3v) is 5.70. The highest BCUT2D eigenvalue weighted by Gasteiger charge is 2.17. The van der Waals surface area contributed by atoms with Gasteiger partial charge in [-0.1, -0.05) is 11.8 Å². The van der Waals surface area contributed by atoms with Gasteiger partial charge < -0.3 is 24.2 Å². The molecule has 158 valence electrons. The lowest BCUT2D eigenvalue weighted by atomic mass is 10.3. The summed E-state index contributed by atoms with van der Waals surface area (Å²) in [5.41, 5.74) is 2.22. The van der Waals surface area contributed by atoms with Crippen molar-refractivity contribution in [2.75, 3.05) is 17.9 Å². The number of aryl methyl sites for hydroxylation is 1. The molecule has 1 amide bonds. The number of H-pyrrole nitrogens is 1. The number of hydrogen-bond acceptors (Lipinski definition) is 7. The van der Waals surface area contributed by atoms with Gasteiger partial charge >= 0.3 is 0 Å². The number of nitrogens with one attached hydrogen (secondary N) is 2. The minimum atomic E-state index is -0.229. The molecule has 1 aliphatic heterocycles. The zero-order chi connectivity index (χ0) is 21.4. The van der Waals surface area contributed by atoms with E-state index in [1.54, 1.807) is 36.6 Å². The van der Waals surface area contributed by atoms with Gasteiger partial charge in [0.05, 0.1) is 24.1 Å². The second-order valence-corrected chi connectivity index (χ2v) is 7.93. The second-order valence-electron chi connectivity index (χ2n) is 6.98. The molecule has 4 heterocycles. The van der Waals surface area contributed by atoms with Gasteiger partial charge in [0.25, 0.3) is 5.56 Å². The second kappa shape index (κ2) is 7.88. The molecule has 0 aliphatic carbocycles. The maximum atomic E-state index is 13.0. The highest BCUT2D eigenvalue weighted by molar-refractivity contribution is 7.99. The molecule has 31 heavy (non-hydrogen) atoms. The molecule has 9 nitrogen and oxygen atoms in total. The number of carbonyl (C=O) groups excluding carboxylic acids is 1. The maximum absolute atomic E-state index is 13.0. The summed E-state index contributed by atoms with van der Waals surface area (Å²) in [6.45, 7) is 2.26. The number of aromatic amines is 1. The molecule has 0 atom stereocenters. The van der Waals surface area contributed by atoms with Crippen LogP contribution in [0.1, 0.15) is 11.5 Å². The Morgan fingerprint density at radius 3 is 2.97 bits per heavy atom. The van der Waals surface area contributed by atoms with Gasteiger partial charge in [0.15, 0.2) is 16.7 Å². The molecule has 4 aromatic rings. The number of carbonyl (C=O) groups is 1. The molecular weight excluding hydrogens is 420 g/mol. The first-order valence-corrected chi connectivity index (χ1v) is 10.5. The Labute approximate surface area is 180 Å². The third kappa shape index (κ3) is 3.89. The normalized spacial score (nSPS) is 12.4. The van der Waals surface area contributed by atoms with Crippen LogP contribution < -0.4 is 20.3 Å². The number of nitrogens with zero attached hydrogens (tertiary/aromatic N) is 2. The van der Waals surface area contributed by atoms with E-state index in [2.05, 4.69) is 15.3 Å². The van der Waals surface area contributed by atoms with E-state index >= 15 is 0 Å². The van der Waals surface area contributed by atoms with Crippen molar-refractivity contribution in [2.45, 2.75) is 18.6 Å². The van der Waals surface area contributed by atoms with E-state index in [9.17, 15) is 9.59 Å². The van der Waals surface area contributed by atoms with Crippen molar-refractivity contribution in [1.82, 2.24) is 14.5 Å². The molecule has 2 N–H and O–H groups in total. The zero-order valence-electron chi connectivity index (χ0n) is 16.5. The van der Waals surface area contributed by atoms with Crippen molar-refractivity contribution in [3.63, 3.8) is 0 Å². The SMILES string of the molecule is Cc1cc2nc(SCC(=O)Nc3ccc4c(c3)OCO4)n(Cc3ccco3)c(=O)c2[nH]1. The first kappa shape index (κ1) is 19.3. The van der Waals surface area contributed by atoms with E-state index in [-0.39, 0.29) is 30.6 Å². The van der Waals surface area contributed by atoms with Crippen LogP contribution in [0, 0.1) is 6.92 Å². The molecule has 0 fully saturated rings. The predicted molar refractivity (Wildman–Crippen MR) is 115 cm³/mol. The summed E-state index contributed by atoms with van der Waals surface area (Å²) in [5, 5.41) is 3.27. The molecule has 0 bridgehead atoms. The first-order chi connectivity index (χ1) is 15.1. The number of thioether (sulfide) groups is 1. The summed E-state index contributed by atoms with van der Waals surface area (Å²) >= 11 is 1.19. The van der Waals surface area contributed by atoms with Crippen LogP contribution in [0.15, 0.2) is 57.0 Å². The lowest BCUT2D eigenvalue weighted by Gasteiger charge is -2.11. The van der Waals surface area contributed by atoms with Crippen molar-refractivity contribution < 1.29 is 18.7 Å². The Balaban J connectivity index is 1.37. The van der Waals surface area contributed by atoms with Crippen molar-refractivity contribution in [3.8, 4) is 11.5 Å². The van der Waals surface area contributed by atoms with Crippen molar-refractivity contribution in [3.05, 3.63) is 64.5 Å². The number of furan rings is 1. The summed E-state index contributed by atoms with van der Waals surface area (Å²) in [4.78, 5) is 33.2. The van der Waals surface area contributed by atoms with Crippen LogP contribution in [0.25, 0.3) is 11.0 Å². The fourth-order valence-electron chi connectivity index (χ4n) is 3.32. The number of benzene rings is 1. The average molecular weight is 438 g/mol. The molecule has 5 rings (SSSR count). The summed E-state index contributed by atoms with van der Waals surface area (Å²) in [6.07, 6.45) is 1.55. The van der Waals surface area contributed by atoms with E-state index in [1.165, 1.54) is 16.3 Å². The summed E-state index contributed by atoms with van der Waals surface area (Å²) in [5.74, 6) is 1.71. The van der Waals surface area contributed by atoms with E-state index in [0.29, 0.717) is 39.1 Å². The fraction of sp³-hybridized carbons (Fsp3) is 0.190. The van der Waals surface area contributed by atoms with Gasteiger partial charge in [-0.3, -0.25) is 14.2 Å². The van der Waals surface area contributed by atoms with Crippen LogP contribution in [0.2, 0.25) is 0 Å². The number of fused-ring (bicyclic) bond motifs is 2. The molecule has 1 aliphatic rings. The zero-order valence-corrected chi connectivity index (χ0v) is 17.3. The van der Waals surface area contributed by atoms with Gasteiger partial charge in [-0.25, -0.2) is 4.98 Å².